The van der Waals surface area contributed by atoms with E-state index in [1.807, 2.05) is 0 Å². The van der Waals surface area contributed by atoms with Gasteiger partial charge in [-0.15, -0.1) is 0 Å². The lowest BCUT2D eigenvalue weighted by atomic mass is 10.3. The largest absolute Gasteiger partial charge is 0.497 e. The summed E-state index contributed by atoms with van der Waals surface area (Å²) in [5.74, 6) is 1.23. The van der Waals surface area contributed by atoms with Crippen molar-refractivity contribution in [2.24, 2.45) is 0 Å². The van der Waals surface area contributed by atoms with Crippen LogP contribution in [-0.4, -0.2) is 25.1 Å². The Bertz CT molecular complexity index is 330. The molecule has 0 heterocycles. The Morgan fingerprint density at radius 1 is 1.47 bits per heavy atom. The number of urea groups is 1. The highest BCUT2D eigenvalue weighted by atomic mass is 16.5. The van der Waals surface area contributed by atoms with Gasteiger partial charge in [0.25, 0.3) is 0 Å². The predicted molar refractivity (Wildman–Crippen MR) is 51.9 cm³/mol. The van der Waals surface area contributed by atoms with Crippen molar-refractivity contribution in [3.63, 3.8) is 0 Å². The molecule has 1 rings (SSSR count). The van der Waals surface area contributed by atoms with E-state index in [4.69, 9.17) is 14.7 Å². The molecule has 0 saturated heterocycles. The Hall–Kier alpha value is -1.95. The molecule has 0 atom stereocenters. The van der Waals surface area contributed by atoms with Crippen molar-refractivity contribution in [1.82, 2.24) is 10.8 Å². The Labute approximate surface area is 86.8 Å². The normalized spacial score (nSPS) is 9.20. The Morgan fingerprint density at radius 3 is 2.87 bits per heavy atom. The van der Waals surface area contributed by atoms with Crippen LogP contribution in [0.4, 0.5) is 4.79 Å². The number of rotatable bonds is 4. The number of benzene rings is 1. The Balaban J connectivity index is 2.40. The second kappa shape index (κ2) is 5.71. The molecule has 0 saturated carbocycles. The number of nitrogens with one attached hydrogen (secondary N) is 2. The summed E-state index contributed by atoms with van der Waals surface area (Å²) >= 11 is 0. The molecule has 2 amide bonds. The first-order valence-electron chi connectivity index (χ1n) is 4.21. The van der Waals surface area contributed by atoms with E-state index in [1.165, 1.54) is 5.48 Å². The first kappa shape index (κ1) is 11.1. The van der Waals surface area contributed by atoms with Crippen molar-refractivity contribution >= 4 is 6.03 Å². The van der Waals surface area contributed by atoms with Crippen LogP contribution in [0.25, 0.3) is 0 Å². The fourth-order valence-electron chi connectivity index (χ4n) is 0.915. The fourth-order valence-corrected chi connectivity index (χ4v) is 0.915. The molecule has 0 unspecified atom stereocenters. The topological polar surface area (TPSA) is 79.8 Å². The molecule has 82 valence electrons. The SMILES string of the molecule is COc1cccc(OCNC(=O)NO)c1. The molecule has 3 N–H and O–H groups in total. The van der Waals surface area contributed by atoms with E-state index >= 15 is 0 Å². The van der Waals surface area contributed by atoms with Gasteiger partial charge in [0.1, 0.15) is 11.5 Å². The van der Waals surface area contributed by atoms with Crippen LogP contribution < -0.4 is 20.3 Å². The van der Waals surface area contributed by atoms with E-state index in [-0.39, 0.29) is 6.73 Å². The summed E-state index contributed by atoms with van der Waals surface area (Å²) in [6, 6.07) is 6.22. The molecule has 0 aromatic heterocycles. The number of carbonyl (C=O) groups is 1. The smallest absolute Gasteiger partial charge is 0.341 e. The van der Waals surface area contributed by atoms with Crippen LogP contribution in [0.3, 0.4) is 0 Å². The minimum Gasteiger partial charge on any atom is -0.497 e. The summed E-state index contributed by atoms with van der Waals surface area (Å²) in [5.41, 5.74) is 1.42. The van der Waals surface area contributed by atoms with Gasteiger partial charge >= 0.3 is 6.03 Å². The Kier molecular flexibility index (Phi) is 4.24. The maximum absolute atomic E-state index is 10.5. The van der Waals surface area contributed by atoms with E-state index in [9.17, 15) is 4.79 Å². The highest BCUT2D eigenvalue weighted by molar-refractivity contribution is 5.72. The van der Waals surface area contributed by atoms with Crippen molar-refractivity contribution in [3.05, 3.63) is 24.3 Å². The molecule has 0 aliphatic carbocycles. The van der Waals surface area contributed by atoms with Crippen molar-refractivity contribution in [2.45, 2.75) is 0 Å². The molecular formula is C9H12N2O4. The number of amides is 2. The number of hydroxylamine groups is 1. The van der Waals surface area contributed by atoms with Gasteiger partial charge in [-0.1, -0.05) is 6.07 Å². The van der Waals surface area contributed by atoms with Crippen LogP contribution in [0, 0.1) is 0 Å². The van der Waals surface area contributed by atoms with E-state index < -0.39 is 6.03 Å². The average molecular weight is 212 g/mol. The van der Waals surface area contributed by atoms with Gasteiger partial charge in [-0.2, -0.15) is 0 Å². The van der Waals surface area contributed by atoms with Crippen LogP contribution >= 0.6 is 0 Å². The van der Waals surface area contributed by atoms with Crippen molar-refractivity contribution in [3.8, 4) is 11.5 Å². The lowest BCUT2D eigenvalue weighted by Crippen LogP contribution is -2.35. The van der Waals surface area contributed by atoms with Crippen molar-refractivity contribution < 1.29 is 19.5 Å². The molecular weight excluding hydrogens is 200 g/mol. The molecule has 0 spiro atoms. The summed E-state index contributed by atoms with van der Waals surface area (Å²) in [7, 11) is 1.55. The summed E-state index contributed by atoms with van der Waals surface area (Å²) in [6.45, 7) is -0.0421. The lowest BCUT2D eigenvalue weighted by Gasteiger charge is -2.07. The highest BCUT2D eigenvalue weighted by Crippen LogP contribution is 2.18. The number of methoxy groups -OCH3 is 1. The molecule has 1 aromatic carbocycles. The number of hydrogen-bond acceptors (Lipinski definition) is 4. The van der Waals surface area contributed by atoms with E-state index in [0.717, 1.165) is 0 Å². The molecule has 6 nitrogen and oxygen atoms in total. The Morgan fingerprint density at radius 2 is 2.20 bits per heavy atom. The minimum absolute atomic E-state index is 0.0421. The quantitative estimate of drug-likeness (QED) is 0.390. The van der Waals surface area contributed by atoms with E-state index in [2.05, 4.69) is 5.32 Å². The third-order valence-corrected chi connectivity index (χ3v) is 1.61. The molecule has 1 aromatic rings. The van der Waals surface area contributed by atoms with Crippen LogP contribution in [0.15, 0.2) is 24.3 Å². The molecule has 15 heavy (non-hydrogen) atoms. The first-order valence-corrected chi connectivity index (χ1v) is 4.21. The molecule has 0 radical (unpaired) electrons. The van der Waals surface area contributed by atoms with Crippen molar-refractivity contribution in [2.75, 3.05) is 13.8 Å². The zero-order chi connectivity index (χ0) is 11.1. The monoisotopic (exact) mass is 212 g/mol. The lowest BCUT2D eigenvalue weighted by molar-refractivity contribution is 0.154. The molecule has 0 aliphatic heterocycles. The van der Waals surface area contributed by atoms with Gasteiger partial charge in [-0.25, -0.2) is 10.3 Å². The number of ether oxygens (including phenoxy) is 2. The fraction of sp³-hybridized carbons (Fsp3) is 0.222. The van der Waals surface area contributed by atoms with Gasteiger partial charge in [-0.05, 0) is 12.1 Å². The van der Waals surface area contributed by atoms with Gasteiger partial charge in [0.05, 0.1) is 7.11 Å². The third kappa shape index (κ3) is 3.74. The van der Waals surface area contributed by atoms with Crippen LogP contribution in [0.5, 0.6) is 11.5 Å². The molecule has 6 heteroatoms. The predicted octanol–water partition coefficient (Wildman–Crippen LogP) is 0.720. The summed E-state index contributed by atoms with van der Waals surface area (Å²) in [6.07, 6.45) is 0. The van der Waals surface area contributed by atoms with Crippen LogP contribution in [-0.2, 0) is 0 Å². The maximum Gasteiger partial charge on any atom is 0.341 e. The van der Waals surface area contributed by atoms with Gasteiger partial charge in [-0.3, -0.25) is 5.21 Å². The number of carbonyl (C=O) groups excluding carboxylic acids is 1. The van der Waals surface area contributed by atoms with Gasteiger partial charge in [0.15, 0.2) is 6.73 Å². The summed E-state index contributed by atoms with van der Waals surface area (Å²) < 4.78 is 10.1. The zero-order valence-corrected chi connectivity index (χ0v) is 8.19. The van der Waals surface area contributed by atoms with Crippen LogP contribution in [0.2, 0.25) is 0 Å². The molecule has 0 aliphatic rings. The van der Waals surface area contributed by atoms with E-state index in [1.54, 1.807) is 31.4 Å². The summed E-state index contributed by atoms with van der Waals surface area (Å²) in [5, 5.41) is 10.4. The van der Waals surface area contributed by atoms with Gasteiger partial charge in [0, 0.05) is 6.07 Å². The van der Waals surface area contributed by atoms with Crippen LogP contribution in [0.1, 0.15) is 0 Å². The first-order chi connectivity index (χ1) is 7.26. The minimum atomic E-state index is -0.724. The van der Waals surface area contributed by atoms with Gasteiger partial charge in [0.2, 0.25) is 0 Å². The third-order valence-electron chi connectivity index (χ3n) is 1.61. The molecule has 0 fully saturated rings. The summed E-state index contributed by atoms with van der Waals surface area (Å²) in [4.78, 5) is 10.5. The molecule has 0 bridgehead atoms. The second-order valence-electron chi connectivity index (χ2n) is 2.59. The second-order valence-corrected chi connectivity index (χ2v) is 2.59. The average Bonchev–Trinajstić information content (AvgIpc) is 2.29. The van der Waals surface area contributed by atoms with Crippen molar-refractivity contribution in [1.29, 1.82) is 0 Å². The maximum atomic E-state index is 10.5. The standard InChI is InChI=1S/C9H12N2O4/c1-14-7-3-2-4-8(5-7)15-6-10-9(12)11-13/h2-5,13H,6H2,1H3,(H2,10,11,12). The highest BCUT2D eigenvalue weighted by Gasteiger charge is 1.98. The van der Waals surface area contributed by atoms with E-state index in [0.29, 0.717) is 11.5 Å². The zero-order valence-electron chi connectivity index (χ0n) is 8.19. The number of hydrogen-bond donors (Lipinski definition) is 3. The van der Waals surface area contributed by atoms with Gasteiger partial charge < -0.3 is 14.8 Å².